The second-order valence-corrected chi connectivity index (χ2v) is 10.5. The van der Waals surface area contributed by atoms with E-state index in [-0.39, 0.29) is 4.90 Å². The van der Waals surface area contributed by atoms with Gasteiger partial charge in [0, 0.05) is 25.2 Å². The summed E-state index contributed by atoms with van der Waals surface area (Å²) in [6, 6.07) is 11.7. The highest BCUT2D eigenvalue weighted by Crippen LogP contribution is 2.25. The summed E-state index contributed by atoms with van der Waals surface area (Å²) < 4.78 is 29.9. The number of benzene rings is 2. The number of aryl methyl sites for hydroxylation is 1. The molecule has 1 aromatic heterocycles. The molecule has 6 nitrogen and oxygen atoms in total. The maximum atomic E-state index is 12.8. The Balaban J connectivity index is 1.65. The number of carbonyl (C=O) groups is 1. The summed E-state index contributed by atoms with van der Waals surface area (Å²) in [5, 5.41) is 0.617. The van der Waals surface area contributed by atoms with Crippen LogP contribution in [0.3, 0.4) is 0 Å². The number of thiazole rings is 1. The lowest BCUT2D eigenvalue weighted by molar-refractivity contribution is 0.0997. The van der Waals surface area contributed by atoms with Crippen LogP contribution in [0.2, 0.25) is 5.02 Å². The smallest absolute Gasteiger partial charge is 0.279 e. The van der Waals surface area contributed by atoms with Gasteiger partial charge in [-0.15, -0.1) is 0 Å². The number of rotatable bonds is 4. The molecule has 2 heterocycles. The van der Waals surface area contributed by atoms with Crippen molar-refractivity contribution in [2.24, 2.45) is 4.99 Å². The van der Waals surface area contributed by atoms with Crippen LogP contribution in [-0.4, -0.2) is 36.3 Å². The van der Waals surface area contributed by atoms with E-state index in [1.54, 1.807) is 0 Å². The average Bonchev–Trinajstić information content (AvgIpc) is 3.12. The summed E-state index contributed by atoms with van der Waals surface area (Å²) in [6.07, 6.45) is 2.82. The lowest BCUT2D eigenvalue weighted by Crippen LogP contribution is -2.35. The van der Waals surface area contributed by atoms with E-state index in [4.69, 9.17) is 11.6 Å². The van der Waals surface area contributed by atoms with Gasteiger partial charge in [0.15, 0.2) is 4.80 Å². The zero-order chi connectivity index (χ0) is 21.3. The standard InChI is InChI=1S/C21H22ClN3O3S2/c1-2-25-19-17(22)7-6-8-18(19)29-21(25)23-20(26)15-9-11-16(12-10-15)30(27,28)24-13-4-3-5-14-24/h6-12H,2-5,13-14H2,1H3. The van der Waals surface area contributed by atoms with E-state index in [9.17, 15) is 13.2 Å². The Labute approximate surface area is 184 Å². The number of hydrogen-bond acceptors (Lipinski definition) is 4. The molecule has 1 aliphatic rings. The van der Waals surface area contributed by atoms with Crippen molar-refractivity contribution >= 4 is 49.1 Å². The molecule has 0 radical (unpaired) electrons. The Morgan fingerprint density at radius 2 is 1.80 bits per heavy atom. The van der Waals surface area contributed by atoms with Crippen molar-refractivity contribution in [3.05, 3.63) is 57.9 Å². The van der Waals surface area contributed by atoms with E-state index in [1.807, 2.05) is 29.7 Å². The highest BCUT2D eigenvalue weighted by molar-refractivity contribution is 7.89. The number of sulfonamides is 1. The van der Waals surface area contributed by atoms with Crippen LogP contribution in [-0.2, 0) is 16.6 Å². The van der Waals surface area contributed by atoms with Gasteiger partial charge >= 0.3 is 0 Å². The minimum atomic E-state index is -3.52. The molecular weight excluding hydrogens is 442 g/mol. The number of halogens is 1. The van der Waals surface area contributed by atoms with E-state index in [0.717, 1.165) is 29.5 Å². The normalized spacial score (nSPS) is 16.3. The van der Waals surface area contributed by atoms with Crippen molar-refractivity contribution in [2.75, 3.05) is 13.1 Å². The molecule has 0 aliphatic carbocycles. The second kappa shape index (κ2) is 8.63. The van der Waals surface area contributed by atoms with Gasteiger partial charge < -0.3 is 4.57 Å². The zero-order valence-corrected chi connectivity index (χ0v) is 18.9. The van der Waals surface area contributed by atoms with E-state index in [0.29, 0.717) is 35.0 Å². The molecular formula is C21H22ClN3O3S2. The minimum Gasteiger partial charge on any atom is -0.315 e. The Bertz CT molecular complexity index is 1250. The topological polar surface area (TPSA) is 71.7 Å². The van der Waals surface area contributed by atoms with E-state index < -0.39 is 15.9 Å². The van der Waals surface area contributed by atoms with Gasteiger partial charge in [0.05, 0.1) is 20.1 Å². The fourth-order valence-electron chi connectivity index (χ4n) is 3.64. The number of hydrogen-bond donors (Lipinski definition) is 0. The summed E-state index contributed by atoms with van der Waals surface area (Å²) in [5.41, 5.74) is 1.21. The van der Waals surface area contributed by atoms with Gasteiger partial charge in [0.2, 0.25) is 10.0 Å². The molecule has 0 bridgehead atoms. The third-order valence-electron chi connectivity index (χ3n) is 5.22. The van der Waals surface area contributed by atoms with E-state index in [2.05, 4.69) is 4.99 Å². The number of aromatic nitrogens is 1. The van der Waals surface area contributed by atoms with Crippen LogP contribution in [0.15, 0.2) is 52.4 Å². The van der Waals surface area contributed by atoms with Crippen molar-refractivity contribution in [3.63, 3.8) is 0 Å². The fourth-order valence-corrected chi connectivity index (χ4v) is 6.61. The lowest BCUT2D eigenvalue weighted by atomic mass is 10.2. The van der Waals surface area contributed by atoms with Crippen molar-refractivity contribution in [1.29, 1.82) is 0 Å². The van der Waals surface area contributed by atoms with Crippen molar-refractivity contribution < 1.29 is 13.2 Å². The van der Waals surface area contributed by atoms with Crippen LogP contribution in [0.4, 0.5) is 0 Å². The summed E-state index contributed by atoms with van der Waals surface area (Å²) in [6.45, 7) is 3.69. The summed E-state index contributed by atoms with van der Waals surface area (Å²) >= 11 is 7.73. The number of piperidine rings is 1. The van der Waals surface area contributed by atoms with Crippen LogP contribution in [0.25, 0.3) is 10.2 Å². The lowest BCUT2D eigenvalue weighted by Gasteiger charge is -2.25. The molecule has 4 rings (SSSR count). The third kappa shape index (κ3) is 3.97. The van der Waals surface area contributed by atoms with Gasteiger partial charge in [-0.25, -0.2) is 8.42 Å². The summed E-state index contributed by atoms with van der Waals surface area (Å²) in [7, 11) is -3.52. The Morgan fingerprint density at radius 3 is 2.47 bits per heavy atom. The molecule has 0 N–H and O–H groups in total. The number of amides is 1. The highest BCUT2D eigenvalue weighted by atomic mass is 35.5. The summed E-state index contributed by atoms with van der Waals surface area (Å²) in [4.78, 5) is 17.8. The van der Waals surface area contributed by atoms with Crippen LogP contribution < -0.4 is 4.80 Å². The van der Waals surface area contributed by atoms with Gasteiger partial charge in [-0.3, -0.25) is 4.79 Å². The highest BCUT2D eigenvalue weighted by Gasteiger charge is 2.26. The first-order valence-electron chi connectivity index (χ1n) is 9.89. The first-order chi connectivity index (χ1) is 14.4. The Hall–Kier alpha value is -2.00. The molecule has 9 heteroatoms. The average molecular weight is 464 g/mol. The minimum absolute atomic E-state index is 0.207. The number of carbonyl (C=O) groups excluding carboxylic acids is 1. The van der Waals surface area contributed by atoms with Crippen LogP contribution in [0.1, 0.15) is 36.5 Å². The van der Waals surface area contributed by atoms with Crippen LogP contribution in [0.5, 0.6) is 0 Å². The van der Waals surface area contributed by atoms with Gasteiger partial charge in [-0.05, 0) is 56.2 Å². The maximum Gasteiger partial charge on any atom is 0.279 e. The van der Waals surface area contributed by atoms with Crippen molar-refractivity contribution in [3.8, 4) is 0 Å². The third-order valence-corrected chi connectivity index (χ3v) is 8.48. The molecule has 1 aliphatic heterocycles. The van der Waals surface area contributed by atoms with Crippen molar-refractivity contribution in [2.45, 2.75) is 37.6 Å². The number of fused-ring (bicyclic) bond motifs is 1. The zero-order valence-electron chi connectivity index (χ0n) is 16.5. The molecule has 2 aromatic carbocycles. The van der Waals surface area contributed by atoms with Gasteiger partial charge in [-0.2, -0.15) is 9.30 Å². The van der Waals surface area contributed by atoms with E-state index >= 15 is 0 Å². The molecule has 1 saturated heterocycles. The van der Waals surface area contributed by atoms with Gasteiger partial charge in [0.25, 0.3) is 5.91 Å². The predicted octanol–water partition coefficient (Wildman–Crippen LogP) is 4.29. The maximum absolute atomic E-state index is 12.8. The largest absolute Gasteiger partial charge is 0.315 e. The first kappa shape index (κ1) is 21.2. The molecule has 1 fully saturated rings. The molecule has 0 saturated carbocycles. The SMILES string of the molecule is CCn1c(=NC(=O)c2ccc(S(=O)(=O)N3CCCCC3)cc2)sc2cccc(Cl)c21. The second-order valence-electron chi connectivity index (χ2n) is 7.12. The first-order valence-corrected chi connectivity index (χ1v) is 12.5. The Kier molecular flexibility index (Phi) is 6.11. The quantitative estimate of drug-likeness (QED) is 0.579. The molecule has 158 valence electrons. The van der Waals surface area contributed by atoms with Gasteiger partial charge in [-0.1, -0.05) is 35.4 Å². The molecule has 30 heavy (non-hydrogen) atoms. The monoisotopic (exact) mass is 463 g/mol. The van der Waals surface area contributed by atoms with E-state index in [1.165, 1.54) is 39.9 Å². The fraction of sp³-hybridized carbons (Fsp3) is 0.333. The molecule has 0 spiro atoms. The van der Waals surface area contributed by atoms with Crippen molar-refractivity contribution in [1.82, 2.24) is 8.87 Å². The molecule has 0 unspecified atom stereocenters. The van der Waals surface area contributed by atoms with Crippen LogP contribution >= 0.6 is 22.9 Å². The predicted molar refractivity (Wildman–Crippen MR) is 119 cm³/mol. The number of para-hydroxylation sites is 1. The van der Waals surface area contributed by atoms with Gasteiger partial charge in [0.1, 0.15) is 0 Å². The summed E-state index contributed by atoms with van der Waals surface area (Å²) in [5.74, 6) is -0.415. The Morgan fingerprint density at radius 1 is 1.10 bits per heavy atom. The molecule has 0 atom stereocenters. The number of nitrogens with zero attached hydrogens (tertiary/aromatic N) is 3. The molecule has 3 aromatic rings. The van der Waals surface area contributed by atoms with Crippen LogP contribution in [0, 0.1) is 0 Å². The molecule has 1 amide bonds.